The van der Waals surface area contributed by atoms with Crippen molar-refractivity contribution in [2.24, 2.45) is 0 Å². The molecule has 0 bridgehead atoms. The Morgan fingerprint density at radius 2 is 0.886 bits per heavy atom. The van der Waals surface area contributed by atoms with Gasteiger partial charge in [0.05, 0.1) is 32.5 Å². The monoisotopic (exact) mass is 911 g/mol. The molecule has 0 spiro atoms. The molecule has 0 saturated carbocycles. The van der Waals surface area contributed by atoms with Crippen molar-refractivity contribution in [1.29, 1.82) is 0 Å². The predicted molar refractivity (Wildman–Crippen MR) is 290 cm³/mol. The molecule has 0 radical (unpaired) electrons. The van der Waals surface area contributed by atoms with E-state index in [0.717, 1.165) is 87.8 Å². The Labute approximate surface area is 404 Å². The first kappa shape index (κ1) is 38.9. The van der Waals surface area contributed by atoms with Crippen LogP contribution in [0.15, 0.2) is 229 Å². The third kappa shape index (κ3) is 5.82. The fourth-order valence-corrected chi connectivity index (χ4v) is 12.1. The van der Waals surface area contributed by atoms with E-state index in [4.69, 9.17) is 19.4 Å². The molecule has 0 N–H and O–H groups in total. The Kier molecular flexibility index (Phi) is 8.43. The molecule has 326 valence electrons. The fourth-order valence-electron chi connectivity index (χ4n) is 10.9. The van der Waals surface area contributed by atoms with E-state index in [1.807, 2.05) is 59.9 Å². The number of fused-ring (bicyclic) bond motifs is 13. The van der Waals surface area contributed by atoms with Gasteiger partial charge in [0.15, 0.2) is 17.5 Å². The Hall–Kier alpha value is -9.17. The van der Waals surface area contributed by atoms with Gasteiger partial charge in [0, 0.05) is 70.2 Å². The smallest absolute Gasteiger partial charge is 0.164 e. The zero-order chi connectivity index (χ0) is 45.9. The van der Waals surface area contributed by atoms with Crippen molar-refractivity contribution in [3.8, 4) is 56.7 Å². The van der Waals surface area contributed by atoms with E-state index in [1.165, 1.54) is 37.1 Å². The summed E-state index contributed by atoms with van der Waals surface area (Å²) < 4.78 is 13.5. The Balaban J connectivity index is 1.03. The van der Waals surface area contributed by atoms with Crippen LogP contribution < -0.4 is 0 Å². The fraction of sp³-hybridized carbons (Fsp3) is 0. The number of nitrogens with zero attached hydrogens (tertiary/aromatic N) is 5. The topological polar surface area (TPSA) is 61.7 Å². The summed E-state index contributed by atoms with van der Waals surface area (Å²) in [4.78, 5) is 15.6. The highest BCUT2D eigenvalue weighted by molar-refractivity contribution is 7.26. The molecule has 15 rings (SSSR count). The average molecular weight is 912 g/mol. The lowest BCUT2D eigenvalue weighted by atomic mass is 9.99. The molecule has 0 unspecified atom stereocenters. The van der Waals surface area contributed by atoms with Crippen LogP contribution in [0.3, 0.4) is 0 Å². The number of rotatable bonds is 6. The van der Waals surface area contributed by atoms with Gasteiger partial charge in [0.2, 0.25) is 0 Å². The van der Waals surface area contributed by atoms with Gasteiger partial charge in [-0.25, -0.2) is 15.0 Å². The van der Waals surface area contributed by atoms with Crippen LogP contribution in [-0.2, 0) is 0 Å². The van der Waals surface area contributed by atoms with Crippen LogP contribution in [0, 0.1) is 0 Å². The number of hydrogen-bond acceptors (Lipinski definition) is 5. The SMILES string of the molecule is c1ccc(-c2nc(-c3ccccc3)nc(-c3ccc(-n4c5ccc(-c6ccc7oc8ccccc8c7c6)cc5c5c6c7ccccc7n(-c7ccccc7)c6ccc54)c4sc5ccccc5c34)n2)cc1. The van der Waals surface area contributed by atoms with Crippen molar-refractivity contribution in [1.82, 2.24) is 24.1 Å². The van der Waals surface area contributed by atoms with Crippen LogP contribution >= 0.6 is 11.3 Å². The van der Waals surface area contributed by atoms with Crippen LogP contribution in [0.1, 0.15) is 0 Å². The number of aromatic nitrogens is 5. The highest BCUT2D eigenvalue weighted by atomic mass is 32.1. The van der Waals surface area contributed by atoms with Crippen molar-refractivity contribution in [3.63, 3.8) is 0 Å². The first-order valence-corrected chi connectivity index (χ1v) is 24.3. The van der Waals surface area contributed by atoms with E-state index in [9.17, 15) is 0 Å². The summed E-state index contributed by atoms with van der Waals surface area (Å²) >= 11 is 1.82. The van der Waals surface area contributed by atoms with Crippen molar-refractivity contribution in [2.45, 2.75) is 0 Å². The summed E-state index contributed by atoms with van der Waals surface area (Å²) in [6, 6.07) is 79.7. The summed E-state index contributed by atoms with van der Waals surface area (Å²) in [6.07, 6.45) is 0. The maximum absolute atomic E-state index is 6.28. The molecule has 0 fully saturated rings. The van der Waals surface area contributed by atoms with E-state index in [2.05, 4.69) is 185 Å². The van der Waals surface area contributed by atoms with E-state index < -0.39 is 0 Å². The minimum atomic E-state index is 0.637. The van der Waals surface area contributed by atoms with Gasteiger partial charge >= 0.3 is 0 Å². The lowest BCUT2D eigenvalue weighted by Crippen LogP contribution is -2.01. The zero-order valence-corrected chi connectivity index (χ0v) is 38.2. The third-order valence-electron chi connectivity index (χ3n) is 14.0. The summed E-state index contributed by atoms with van der Waals surface area (Å²) in [6.45, 7) is 0. The number of furan rings is 1. The number of hydrogen-bond donors (Lipinski definition) is 0. The Morgan fingerprint density at radius 1 is 0.343 bits per heavy atom. The maximum Gasteiger partial charge on any atom is 0.164 e. The number of thiophene rings is 1. The standard InChI is InChI=1S/C63H37N5OS/c1-4-16-38(17-5-1)61-64-62(39-18-6-2-7-19-39)66-63(65-61)46-30-32-53(60-57(46)45-24-12-15-27-56(45)70-60)68-50-31-28-40(41-29-35-55-47(36-41)43-22-11-14-26-54(43)69-55)37-48(50)59-52(68)34-33-51-58(59)44-23-10-13-25-49(44)67(51)42-20-8-3-9-21-42/h1-37H. The van der Waals surface area contributed by atoms with Gasteiger partial charge in [0.1, 0.15) is 11.2 Å². The zero-order valence-electron chi connectivity index (χ0n) is 37.4. The van der Waals surface area contributed by atoms with Crippen LogP contribution in [0.4, 0.5) is 0 Å². The van der Waals surface area contributed by atoms with Gasteiger partial charge in [-0.3, -0.25) is 0 Å². The van der Waals surface area contributed by atoms with Crippen LogP contribution in [0.25, 0.3) is 142 Å². The molecule has 6 nitrogen and oxygen atoms in total. The molecule has 15 aromatic rings. The summed E-state index contributed by atoms with van der Waals surface area (Å²) in [5.74, 6) is 1.91. The molecule has 0 saturated heterocycles. The van der Waals surface area contributed by atoms with Crippen LogP contribution in [0.5, 0.6) is 0 Å². The molecule has 10 aromatic carbocycles. The third-order valence-corrected chi connectivity index (χ3v) is 15.2. The second-order valence-corrected chi connectivity index (χ2v) is 18.9. The molecule has 0 atom stereocenters. The number of benzene rings is 10. The summed E-state index contributed by atoms with van der Waals surface area (Å²) in [7, 11) is 0. The predicted octanol–water partition coefficient (Wildman–Crippen LogP) is 17.0. The molecular formula is C63H37N5OS. The molecule has 0 aliphatic rings. The molecule has 0 aliphatic heterocycles. The molecule has 5 heterocycles. The van der Waals surface area contributed by atoms with Crippen molar-refractivity contribution >= 4 is 97.1 Å². The molecular weight excluding hydrogens is 875 g/mol. The van der Waals surface area contributed by atoms with Gasteiger partial charge in [0.25, 0.3) is 0 Å². The van der Waals surface area contributed by atoms with Gasteiger partial charge in [-0.2, -0.15) is 0 Å². The van der Waals surface area contributed by atoms with Gasteiger partial charge < -0.3 is 13.6 Å². The first-order valence-electron chi connectivity index (χ1n) is 23.5. The lowest BCUT2D eigenvalue weighted by Gasteiger charge is -2.13. The highest BCUT2D eigenvalue weighted by Crippen LogP contribution is 2.48. The molecule has 5 aromatic heterocycles. The molecule has 70 heavy (non-hydrogen) atoms. The molecule has 0 amide bonds. The number of para-hydroxylation sites is 3. The largest absolute Gasteiger partial charge is 0.456 e. The molecule has 7 heteroatoms. The quantitative estimate of drug-likeness (QED) is 0.167. The summed E-state index contributed by atoms with van der Waals surface area (Å²) in [5, 5.41) is 9.35. The second kappa shape index (κ2) is 15.2. The van der Waals surface area contributed by atoms with Crippen molar-refractivity contribution in [2.75, 3.05) is 0 Å². The molecule has 0 aliphatic carbocycles. The van der Waals surface area contributed by atoms with Gasteiger partial charge in [-0.1, -0.05) is 146 Å². The van der Waals surface area contributed by atoms with Crippen molar-refractivity contribution < 1.29 is 4.42 Å². The Bertz CT molecular complexity index is 4530. The second-order valence-electron chi connectivity index (χ2n) is 17.9. The van der Waals surface area contributed by atoms with Gasteiger partial charge in [-0.15, -0.1) is 11.3 Å². The summed E-state index contributed by atoms with van der Waals surface area (Å²) in [5.41, 5.74) is 13.7. The van der Waals surface area contributed by atoms with E-state index in [1.54, 1.807) is 0 Å². The first-order chi connectivity index (χ1) is 34.7. The normalized spacial score (nSPS) is 12.0. The van der Waals surface area contributed by atoms with Crippen molar-refractivity contribution in [3.05, 3.63) is 224 Å². The minimum Gasteiger partial charge on any atom is -0.456 e. The maximum atomic E-state index is 6.28. The van der Waals surface area contributed by atoms with Gasteiger partial charge in [-0.05, 0) is 90.0 Å². The lowest BCUT2D eigenvalue weighted by molar-refractivity contribution is 0.669. The average Bonchev–Trinajstić information content (AvgIpc) is 4.19. The van der Waals surface area contributed by atoms with E-state index in [-0.39, 0.29) is 0 Å². The Morgan fingerprint density at radius 3 is 1.64 bits per heavy atom. The highest BCUT2D eigenvalue weighted by Gasteiger charge is 2.25. The van der Waals surface area contributed by atoms with Crippen LogP contribution in [-0.4, -0.2) is 24.1 Å². The van der Waals surface area contributed by atoms with Crippen LogP contribution in [0.2, 0.25) is 0 Å². The van der Waals surface area contributed by atoms with E-state index in [0.29, 0.717) is 17.5 Å². The van der Waals surface area contributed by atoms with E-state index >= 15 is 0 Å². The minimum absolute atomic E-state index is 0.637.